The van der Waals surface area contributed by atoms with Crippen molar-refractivity contribution in [3.63, 3.8) is 0 Å². The number of rotatable bonds is 4. The molecule has 1 aliphatic carbocycles. The van der Waals surface area contributed by atoms with Crippen LogP contribution in [0.15, 0.2) is 5.70 Å². The third-order valence-corrected chi connectivity index (χ3v) is 3.89. The standard InChI is InChI=1S/C10H13N5O5S/c11-9-7-4-6(15(16)17)3-5(1-2-21(18,19)20)8(7)13-10(12)14-9/h4-5H,1-3H2,(H,18,19,20)(H4,11,12,13,14). The number of allylic oxidation sites excluding steroid dienone is 1. The second kappa shape index (κ2) is 5.26. The highest BCUT2D eigenvalue weighted by atomic mass is 32.2. The summed E-state index contributed by atoms with van der Waals surface area (Å²) in [7, 11) is -4.18. The van der Waals surface area contributed by atoms with Crippen LogP contribution in [0, 0.1) is 10.1 Å². The summed E-state index contributed by atoms with van der Waals surface area (Å²) in [4.78, 5) is 18.1. The number of anilines is 2. The number of nitrogens with two attached hydrogens (primary N) is 2. The molecule has 0 radical (unpaired) electrons. The Morgan fingerprint density at radius 1 is 1.43 bits per heavy atom. The molecule has 0 spiro atoms. The molecule has 0 fully saturated rings. The molecule has 1 aromatic heterocycles. The predicted octanol–water partition coefficient (Wildman–Crippen LogP) is 0.0238. The maximum atomic E-state index is 11.0. The van der Waals surface area contributed by atoms with Crippen LogP contribution in [0.4, 0.5) is 11.8 Å². The van der Waals surface area contributed by atoms with Crippen LogP contribution in [0.5, 0.6) is 0 Å². The van der Waals surface area contributed by atoms with Gasteiger partial charge in [0.1, 0.15) is 5.82 Å². The Kier molecular flexibility index (Phi) is 3.78. The van der Waals surface area contributed by atoms with Crippen LogP contribution in [0.25, 0.3) is 6.08 Å². The SMILES string of the molecule is Nc1nc(N)c2c(n1)C(CCS(=O)(=O)O)CC([N+](=O)[O-])=C2. The molecule has 10 nitrogen and oxygen atoms in total. The molecule has 114 valence electrons. The fourth-order valence-electron chi connectivity index (χ4n) is 2.21. The minimum absolute atomic E-state index is 0.00611. The van der Waals surface area contributed by atoms with E-state index >= 15 is 0 Å². The molecule has 1 atom stereocenters. The van der Waals surface area contributed by atoms with E-state index in [0.717, 1.165) is 0 Å². The Balaban J connectivity index is 2.45. The number of nitro groups is 1. The zero-order valence-electron chi connectivity index (χ0n) is 10.8. The average Bonchev–Trinajstić information content (AvgIpc) is 2.34. The van der Waals surface area contributed by atoms with Crippen molar-refractivity contribution < 1.29 is 17.9 Å². The Hall–Kier alpha value is -2.27. The zero-order chi connectivity index (χ0) is 15.8. The second-order valence-corrected chi connectivity index (χ2v) is 6.21. The average molecular weight is 315 g/mol. The monoisotopic (exact) mass is 315 g/mol. The van der Waals surface area contributed by atoms with E-state index in [1.165, 1.54) is 6.08 Å². The molecular weight excluding hydrogens is 302 g/mol. The largest absolute Gasteiger partial charge is 0.383 e. The molecule has 1 aliphatic rings. The number of hydrogen-bond acceptors (Lipinski definition) is 8. The molecule has 0 aromatic carbocycles. The Morgan fingerprint density at radius 3 is 2.67 bits per heavy atom. The molecule has 2 rings (SSSR count). The lowest BCUT2D eigenvalue weighted by Gasteiger charge is -2.21. The molecule has 0 saturated carbocycles. The van der Waals surface area contributed by atoms with Crippen LogP contribution in [0.3, 0.4) is 0 Å². The van der Waals surface area contributed by atoms with E-state index in [4.69, 9.17) is 16.0 Å². The minimum atomic E-state index is -4.18. The normalized spacial score (nSPS) is 18.0. The van der Waals surface area contributed by atoms with Gasteiger partial charge >= 0.3 is 0 Å². The Bertz CT molecular complexity index is 730. The first-order valence-electron chi connectivity index (χ1n) is 5.90. The molecule has 21 heavy (non-hydrogen) atoms. The summed E-state index contributed by atoms with van der Waals surface area (Å²) in [6, 6.07) is 0. The summed E-state index contributed by atoms with van der Waals surface area (Å²) in [6.07, 6.45) is 1.20. The smallest absolute Gasteiger partial charge is 0.264 e. The summed E-state index contributed by atoms with van der Waals surface area (Å²) in [5.74, 6) is -1.22. The Morgan fingerprint density at radius 2 is 2.10 bits per heavy atom. The molecule has 0 bridgehead atoms. The highest BCUT2D eigenvalue weighted by Crippen LogP contribution is 2.37. The van der Waals surface area contributed by atoms with E-state index in [9.17, 15) is 18.5 Å². The molecule has 0 amide bonds. The third kappa shape index (κ3) is 3.44. The quantitative estimate of drug-likeness (QED) is 0.392. The Labute approximate surface area is 119 Å². The third-order valence-electron chi connectivity index (χ3n) is 3.13. The van der Waals surface area contributed by atoms with E-state index in [2.05, 4.69) is 9.97 Å². The van der Waals surface area contributed by atoms with E-state index in [0.29, 0.717) is 5.69 Å². The topological polar surface area (TPSA) is 175 Å². The van der Waals surface area contributed by atoms with Crippen molar-refractivity contribution in [3.8, 4) is 0 Å². The second-order valence-electron chi connectivity index (χ2n) is 4.63. The van der Waals surface area contributed by atoms with Gasteiger partial charge in [-0.05, 0) is 6.42 Å². The van der Waals surface area contributed by atoms with E-state index < -0.39 is 26.7 Å². The number of fused-ring (bicyclic) bond motifs is 1. The molecular formula is C10H13N5O5S. The van der Waals surface area contributed by atoms with Gasteiger partial charge in [0.15, 0.2) is 0 Å². The van der Waals surface area contributed by atoms with Crippen LogP contribution in [0.2, 0.25) is 0 Å². The van der Waals surface area contributed by atoms with Crippen molar-refractivity contribution in [3.05, 3.63) is 27.1 Å². The lowest BCUT2D eigenvalue weighted by molar-refractivity contribution is -0.427. The van der Waals surface area contributed by atoms with Crippen molar-refractivity contribution in [1.29, 1.82) is 0 Å². The summed E-state index contributed by atoms with van der Waals surface area (Å²) in [6.45, 7) is 0. The van der Waals surface area contributed by atoms with Crippen LogP contribution in [-0.2, 0) is 10.1 Å². The molecule has 11 heteroatoms. The molecule has 5 N–H and O–H groups in total. The number of nitrogen functional groups attached to an aromatic ring is 2. The van der Waals surface area contributed by atoms with Gasteiger partial charge in [-0.25, -0.2) is 4.98 Å². The molecule has 1 unspecified atom stereocenters. The van der Waals surface area contributed by atoms with Gasteiger partial charge in [-0.15, -0.1) is 0 Å². The zero-order valence-corrected chi connectivity index (χ0v) is 11.6. The summed E-state index contributed by atoms with van der Waals surface area (Å²) in [5, 5.41) is 11.0. The number of nitrogens with zero attached hydrogens (tertiary/aromatic N) is 3. The van der Waals surface area contributed by atoms with Crippen LogP contribution >= 0.6 is 0 Å². The van der Waals surface area contributed by atoms with Gasteiger partial charge < -0.3 is 11.5 Å². The predicted molar refractivity (Wildman–Crippen MR) is 74.2 cm³/mol. The molecule has 0 saturated heterocycles. The highest BCUT2D eigenvalue weighted by Gasteiger charge is 2.31. The van der Waals surface area contributed by atoms with Gasteiger partial charge in [-0.3, -0.25) is 14.7 Å². The maximum Gasteiger partial charge on any atom is 0.264 e. The molecule has 1 aromatic rings. The first kappa shape index (κ1) is 15.1. The van der Waals surface area contributed by atoms with E-state index in [-0.39, 0.29) is 35.9 Å². The number of hydrogen-bond donors (Lipinski definition) is 3. The summed E-state index contributed by atoms with van der Waals surface area (Å²) < 4.78 is 30.5. The first-order chi connectivity index (χ1) is 9.67. The van der Waals surface area contributed by atoms with Crippen molar-refractivity contribution in [2.24, 2.45) is 0 Å². The van der Waals surface area contributed by atoms with Gasteiger partial charge in [0, 0.05) is 24.0 Å². The first-order valence-corrected chi connectivity index (χ1v) is 7.51. The van der Waals surface area contributed by atoms with Crippen LogP contribution < -0.4 is 11.5 Å². The van der Waals surface area contributed by atoms with Gasteiger partial charge in [0.2, 0.25) is 11.6 Å². The number of aromatic nitrogens is 2. The maximum absolute atomic E-state index is 11.0. The van der Waals surface area contributed by atoms with Crippen molar-refractivity contribution >= 4 is 28.0 Å². The van der Waals surface area contributed by atoms with Crippen LogP contribution in [0.1, 0.15) is 30.0 Å². The lowest BCUT2D eigenvalue weighted by Crippen LogP contribution is -2.19. The fourth-order valence-corrected chi connectivity index (χ4v) is 2.80. The van der Waals surface area contributed by atoms with Gasteiger partial charge in [-0.2, -0.15) is 13.4 Å². The van der Waals surface area contributed by atoms with Crippen LogP contribution in [-0.4, -0.2) is 33.6 Å². The van der Waals surface area contributed by atoms with Crippen molar-refractivity contribution in [2.45, 2.75) is 18.8 Å². The molecule has 1 heterocycles. The minimum Gasteiger partial charge on any atom is -0.383 e. The van der Waals surface area contributed by atoms with Gasteiger partial charge in [-0.1, -0.05) is 0 Å². The molecule has 0 aliphatic heterocycles. The van der Waals surface area contributed by atoms with Crippen molar-refractivity contribution in [2.75, 3.05) is 17.2 Å². The fraction of sp³-hybridized carbons (Fsp3) is 0.400. The van der Waals surface area contributed by atoms with Gasteiger partial charge in [0.25, 0.3) is 10.1 Å². The van der Waals surface area contributed by atoms with E-state index in [1.807, 2.05) is 0 Å². The van der Waals surface area contributed by atoms with Gasteiger partial charge in [0.05, 0.1) is 16.4 Å². The van der Waals surface area contributed by atoms with Crippen molar-refractivity contribution in [1.82, 2.24) is 9.97 Å². The summed E-state index contributed by atoms with van der Waals surface area (Å²) in [5.41, 5.74) is 11.7. The lowest BCUT2D eigenvalue weighted by atomic mass is 9.88. The summed E-state index contributed by atoms with van der Waals surface area (Å²) >= 11 is 0. The highest BCUT2D eigenvalue weighted by molar-refractivity contribution is 7.85. The van der Waals surface area contributed by atoms with E-state index in [1.54, 1.807) is 0 Å².